The van der Waals surface area contributed by atoms with Crippen LogP contribution in [0.1, 0.15) is 16.8 Å². The van der Waals surface area contributed by atoms with Gasteiger partial charge in [0.25, 0.3) is 11.5 Å². The smallest absolute Gasteiger partial charge is 0.268 e. The molecule has 0 aliphatic carbocycles. The molecule has 10 nitrogen and oxygen atoms in total. The first-order chi connectivity index (χ1) is 14.7. The first-order valence-electron chi connectivity index (χ1n) is 8.73. The standard InChI is InChI=1S/C15H11N3O3S.C4H4N2O2S/c19-12(11-13(20)17-15(22)18-14(11)21)16-10-7-3-5-8-4-1-2-6-9(8)10;7-2-1-3(8)6-4(9)5-2/h1-7H,(H,16,19)(H3,17,18,20,21,22);1H2,(H2,5,6,7,8,9). The van der Waals surface area contributed by atoms with Crippen molar-refractivity contribution >= 4 is 63.7 Å². The lowest BCUT2D eigenvalue weighted by Crippen LogP contribution is -2.49. The maximum absolute atomic E-state index is 12.3. The van der Waals surface area contributed by atoms with Crippen LogP contribution in [0.2, 0.25) is 0 Å². The fraction of sp³-hybridized carbons (Fsp3) is 0.0526. The van der Waals surface area contributed by atoms with Crippen LogP contribution in [-0.4, -0.2) is 37.9 Å². The third-order valence-electron chi connectivity index (χ3n) is 4.01. The van der Waals surface area contributed by atoms with Gasteiger partial charge in [-0.05, 0) is 35.9 Å². The van der Waals surface area contributed by atoms with Crippen LogP contribution in [0.5, 0.6) is 5.88 Å². The van der Waals surface area contributed by atoms with E-state index in [2.05, 4.69) is 38.1 Å². The molecule has 2 aromatic carbocycles. The molecule has 0 bridgehead atoms. The van der Waals surface area contributed by atoms with Crippen LogP contribution < -0.4 is 21.5 Å². The number of amides is 3. The molecular weight excluding hydrogens is 442 g/mol. The molecule has 1 aromatic heterocycles. The van der Waals surface area contributed by atoms with Crippen molar-refractivity contribution in [1.82, 2.24) is 20.6 Å². The van der Waals surface area contributed by atoms with Crippen LogP contribution in [-0.2, 0) is 9.59 Å². The Morgan fingerprint density at radius 3 is 2.23 bits per heavy atom. The number of fused-ring (bicyclic) bond motifs is 1. The predicted molar refractivity (Wildman–Crippen MR) is 119 cm³/mol. The highest BCUT2D eigenvalue weighted by Gasteiger charge is 2.18. The van der Waals surface area contributed by atoms with Gasteiger partial charge >= 0.3 is 0 Å². The number of H-pyrrole nitrogens is 2. The van der Waals surface area contributed by atoms with Crippen molar-refractivity contribution in [3.8, 4) is 5.88 Å². The lowest BCUT2D eigenvalue weighted by molar-refractivity contribution is -0.129. The van der Waals surface area contributed by atoms with E-state index in [1.807, 2.05) is 30.3 Å². The molecule has 4 rings (SSSR count). The summed E-state index contributed by atoms with van der Waals surface area (Å²) in [6.45, 7) is 0. The summed E-state index contributed by atoms with van der Waals surface area (Å²) in [5, 5.41) is 18.8. The van der Waals surface area contributed by atoms with Gasteiger partial charge in [0.2, 0.25) is 17.7 Å². The van der Waals surface area contributed by atoms with Crippen LogP contribution in [0, 0.1) is 4.77 Å². The van der Waals surface area contributed by atoms with E-state index in [0.717, 1.165) is 10.8 Å². The number of hydrogen-bond donors (Lipinski definition) is 6. The number of anilines is 1. The molecule has 3 amide bonds. The Labute approximate surface area is 184 Å². The first kappa shape index (κ1) is 21.8. The van der Waals surface area contributed by atoms with Crippen LogP contribution in [0.3, 0.4) is 0 Å². The van der Waals surface area contributed by atoms with Gasteiger partial charge in [0.15, 0.2) is 15.4 Å². The zero-order valence-electron chi connectivity index (χ0n) is 15.6. The third kappa shape index (κ3) is 5.38. The maximum Gasteiger partial charge on any atom is 0.268 e. The number of nitrogens with one attached hydrogen (secondary N) is 5. The highest BCUT2D eigenvalue weighted by Crippen LogP contribution is 2.23. The number of aromatic nitrogens is 2. The van der Waals surface area contributed by atoms with E-state index in [-0.39, 0.29) is 28.1 Å². The quantitative estimate of drug-likeness (QED) is 0.251. The molecule has 2 heterocycles. The number of hydrogen-bond acceptors (Lipinski definition) is 7. The van der Waals surface area contributed by atoms with Crippen molar-refractivity contribution in [2.45, 2.75) is 6.42 Å². The molecule has 0 unspecified atom stereocenters. The Bertz CT molecular complexity index is 1280. The summed E-state index contributed by atoms with van der Waals surface area (Å²) < 4.78 is -0.0517. The minimum Gasteiger partial charge on any atom is -0.494 e. The van der Waals surface area contributed by atoms with E-state index in [1.54, 1.807) is 12.1 Å². The number of carbonyl (C=O) groups is 3. The van der Waals surface area contributed by atoms with Crippen molar-refractivity contribution in [2.24, 2.45) is 0 Å². The van der Waals surface area contributed by atoms with E-state index in [9.17, 15) is 24.3 Å². The molecule has 1 saturated heterocycles. The van der Waals surface area contributed by atoms with Crippen LogP contribution in [0.25, 0.3) is 10.8 Å². The van der Waals surface area contributed by atoms with Crippen molar-refractivity contribution in [1.29, 1.82) is 0 Å². The molecule has 158 valence electrons. The number of carbonyl (C=O) groups excluding carboxylic acids is 3. The highest BCUT2D eigenvalue weighted by molar-refractivity contribution is 7.80. The Hall–Kier alpha value is -3.90. The van der Waals surface area contributed by atoms with E-state index in [4.69, 9.17) is 12.2 Å². The van der Waals surface area contributed by atoms with Gasteiger partial charge in [-0.25, -0.2) is 0 Å². The van der Waals surface area contributed by atoms with Crippen molar-refractivity contribution in [3.63, 3.8) is 0 Å². The van der Waals surface area contributed by atoms with E-state index >= 15 is 0 Å². The number of benzene rings is 2. The second-order valence-corrected chi connectivity index (χ2v) is 7.03. The molecule has 0 radical (unpaired) electrons. The van der Waals surface area contributed by atoms with Gasteiger partial charge in [-0.1, -0.05) is 36.4 Å². The minimum absolute atomic E-state index is 0.0517. The Morgan fingerprint density at radius 1 is 0.935 bits per heavy atom. The van der Waals surface area contributed by atoms with E-state index in [0.29, 0.717) is 5.69 Å². The maximum atomic E-state index is 12.3. The van der Waals surface area contributed by atoms with Gasteiger partial charge in [0, 0.05) is 11.1 Å². The van der Waals surface area contributed by atoms with E-state index < -0.39 is 22.9 Å². The molecule has 31 heavy (non-hydrogen) atoms. The zero-order valence-corrected chi connectivity index (χ0v) is 17.3. The summed E-state index contributed by atoms with van der Waals surface area (Å²) in [5.74, 6) is -1.97. The number of rotatable bonds is 2. The summed E-state index contributed by atoms with van der Waals surface area (Å²) in [7, 11) is 0. The fourth-order valence-corrected chi connectivity index (χ4v) is 3.14. The first-order valence-corrected chi connectivity index (χ1v) is 9.54. The van der Waals surface area contributed by atoms with Crippen LogP contribution >= 0.6 is 24.4 Å². The summed E-state index contributed by atoms with van der Waals surface area (Å²) in [6, 6.07) is 12.9. The Balaban J connectivity index is 0.000000254. The predicted octanol–water partition coefficient (Wildman–Crippen LogP) is 1.45. The molecule has 0 atom stereocenters. The zero-order chi connectivity index (χ0) is 22.5. The van der Waals surface area contributed by atoms with Crippen LogP contribution in [0.15, 0.2) is 47.3 Å². The molecular formula is C19H15N5O5S2. The molecule has 1 aliphatic heterocycles. The van der Waals surface area contributed by atoms with Gasteiger partial charge in [-0.2, -0.15) is 0 Å². The second-order valence-electron chi connectivity index (χ2n) is 6.21. The van der Waals surface area contributed by atoms with E-state index in [1.165, 1.54) is 0 Å². The van der Waals surface area contributed by atoms with Gasteiger partial charge < -0.3 is 26.0 Å². The molecule has 0 saturated carbocycles. The van der Waals surface area contributed by atoms with Crippen molar-refractivity contribution in [2.75, 3.05) is 5.32 Å². The second kappa shape index (κ2) is 9.28. The van der Waals surface area contributed by atoms with Gasteiger partial charge in [-0.3, -0.25) is 24.2 Å². The lowest BCUT2D eigenvalue weighted by Gasteiger charge is -2.12. The molecule has 0 spiro atoms. The fourth-order valence-electron chi connectivity index (χ4n) is 2.72. The lowest BCUT2D eigenvalue weighted by atomic mass is 10.1. The Morgan fingerprint density at radius 2 is 1.58 bits per heavy atom. The summed E-state index contributed by atoms with van der Waals surface area (Å²) in [5.41, 5.74) is -0.620. The number of aromatic hydroxyl groups is 1. The number of aromatic amines is 2. The molecule has 3 aromatic rings. The molecule has 1 aliphatic rings. The van der Waals surface area contributed by atoms with Gasteiger partial charge in [0.05, 0.1) is 0 Å². The minimum atomic E-state index is -0.751. The molecule has 6 N–H and O–H groups in total. The summed E-state index contributed by atoms with van der Waals surface area (Å²) >= 11 is 9.22. The number of thiocarbonyl (C=S) groups is 1. The van der Waals surface area contributed by atoms with Gasteiger partial charge in [-0.15, -0.1) is 0 Å². The van der Waals surface area contributed by atoms with Crippen molar-refractivity contribution in [3.05, 3.63) is 63.2 Å². The normalized spacial score (nSPS) is 13.0. The van der Waals surface area contributed by atoms with Crippen LogP contribution in [0.4, 0.5) is 5.69 Å². The SMILES string of the molecule is O=C(Nc1cccc2ccccc12)c1c(O)[nH]c(=S)[nH]c1=O.O=C1CC(=O)NC(=S)N1. The largest absolute Gasteiger partial charge is 0.494 e. The monoisotopic (exact) mass is 457 g/mol. The van der Waals surface area contributed by atoms with Crippen molar-refractivity contribution < 1.29 is 19.5 Å². The highest BCUT2D eigenvalue weighted by atomic mass is 32.1. The Kier molecular flexibility index (Phi) is 6.52. The third-order valence-corrected chi connectivity index (χ3v) is 4.42. The summed E-state index contributed by atoms with van der Waals surface area (Å²) in [4.78, 5) is 49.5. The average molecular weight is 457 g/mol. The van der Waals surface area contributed by atoms with Gasteiger partial charge in [0.1, 0.15) is 6.42 Å². The molecule has 1 fully saturated rings. The topological polar surface area (TPSA) is 156 Å². The molecule has 12 heteroatoms. The summed E-state index contributed by atoms with van der Waals surface area (Å²) in [6.07, 6.45) is -0.125. The average Bonchev–Trinajstić information content (AvgIpc) is 2.67.